The number of hydrogen-bond acceptors (Lipinski definition) is 3. The highest BCUT2D eigenvalue weighted by Gasteiger charge is 2.39. The predicted octanol–water partition coefficient (Wildman–Crippen LogP) is 2.93. The van der Waals surface area contributed by atoms with Crippen LogP contribution in [0.4, 0.5) is 4.79 Å². The van der Waals surface area contributed by atoms with Gasteiger partial charge in [-0.2, -0.15) is 0 Å². The normalized spacial score (nSPS) is 21.5. The van der Waals surface area contributed by atoms with Crippen LogP contribution in [0.3, 0.4) is 0 Å². The Bertz CT molecular complexity index is 460. The Hall–Kier alpha value is -1.42. The van der Waals surface area contributed by atoms with E-state index in [1.807, 2.05) is 32.9 Å². The Balaban J connectivity index is 0.00000162. The van der Waals surface area contributed by atoms with Gasteiger partial charge in [0, 0.05) is 11.0 Å². The first-order valence-electron chi connectivity index (χ1n) is 5.63. The van der Waals surface area contributed by atoms with Crippen molar-refractivity contribution < 1.29 is 14.6 Å². The van der Waals surface area contributed by atoms with Crippen molar-refractivity contribution in [1.82, 2.24) is 5.32 Å². The second kappa shape index (κ2) is 5.06. The molecular formula is C13H18ClNO3. The minimum Gasteiger partial charge on any atom is -0.508 e. The van der Waals surface area contributed by atoms with Crippen LogP contribution in [0.2, 0.25) is 0 Å². The number of aryl methyl sites for hydroxylation is 1. The number of amides is 1. The van der Waals surface area contributed by atoms with Gasteiger partial charge in [-0.25, -0.2) is 4.79 Å². The van der Waals surface area contributed by atoms with Crippen molar-refractivity contribution in [2.24, 2.45) is 5.41 Å². The van der Waals surface area contributed by atoms with Gasteiger partial charge in [0.15, 0.2) is 0 Å². The van der Waals surface area contributed by atoms with E-state index in [-0.39, 0.29) is 29.6 Å². The molecule has 1 aromatic carbocycles. The lowest BCUT2D eigenvalue weighted by Gasteiger charge is -2.38. The monoisotopic (exact) mass is 271 g/mol. The molecule has 1 saturated heterocycles. The number of phenolic OH excluding ortho intramolecular Hbond substituents is 1. The first kappa shape index (κ1) is 14.6. The van der Waals surface area contributed by atoms with E-state index in [0.29, 0.717) is 6.61 Å². The van der Waals surface area contributed by atoms with Gasteiger partial charge in [0.1, 0.15) is 12.4 Å². The number of phenols is 1. The minimum atomic E-state index is -0.435. The van der Waals surface area contributed by atoms with Crippen LogP contribution >= 0.6 is 12.4 Å². The van der Waals surface area contributed by atoms with Crippen molar-refractivity contribution in [3.05, 3.63) is 29.3 Å². The van der Waals surface area contributed by atoms with Crippen molar-refractivity contribution in [2.45, 2.75) is 26.8 Å². The fourth-order valence-electron chi connectivity index (χ4n) is 2.09. The van der Waals surface area contributed by atoms with Crippen molar-refractivity contribution in [2.75, 3.05) is 6.61 Å². The number of cyclic esters (lactones) is 1. The summed E-state index contributed by atoms with van der Waals surface area (Å²) in [6.07, 6.45) is -0.435. The van der Waals surface area contributed by atoms with E-state index >= 15 is 0 Å². The van der Waals surface area contributed by atoms with E-state index in [9.17, 15) is 9.90 Å². The largest absolute Gasteiger partial charge is 0.508 e. The molecule has 5 heteroatoms. The van der Waals surface area contributed by atoms with Gasteiger partial charge in [0.2, 0.25) is 0 Å². The Labute approximate surface area is 113 Å². The Morgan fingerprint density at radius 2 is 2.11 bits per heavy atom. The molecule has 0 radical (unpaired) electrons. The molecule has 1 heterocycles. The molecule has 2 N–H and O–H groups in total. The highest BCUT2D eigenvalue weighted by Crippen LogP contribution is 2.40. The zero-order chi connectivity index (χ0) is 12.6. The highest BCUT2D eigenvalue weighted by molar-refractivity contribution is 5.85. The van der Waals surface area contributed by atoms with E-state index < -0.39 is 6.09 Å². The number of rotatable bonds is 1. The maximum Gasteiger partial charge on any atom is 0.407 e. The predicted molar refractivity (Wildman–Crippen MR) is 71.1 cm³/mol. The molecule has 0 aliphatic carbocycles. The van der Waals surface area contributed by atoms with E-state index in [4.69, 9.17) is 4.74 Å². The summed E-state index contributed by atoms with van der Waals surface area (Å²) in [7, 11) is 0. The molecular weight excluding hydrogens is 254 g/mol. The highest BCUT2D eigenvalue weighted by atomic mass is 35.5. The number of halogens is 1. The summed E-state index contributed by atoms with van der Waals surface area (Å²) < 4.78 is 4.98. The van der Waals surface area contributed by atoms with Crippen LogP contribution in [0.15, 0.2) is 18.2 Å². The standard InChI is InChI=1S/C13H17NO3.ClH/c1-8-4-5-10(15)9(6-8)11-13(2,3)7-17-12(16)14-11;/h4-6,11,15H,7H2,1-3H3,(H,14,16);1H/t11-;/m1./s1. The molecule has 18 heavy (non-hydrogen) atoms. The van der Waals surface area contributed by atoms with Gasteiger partial charge in [0.05, 0.1) is 6.04 Å². The summed E-state index contributed by atoms with van der Waals surface area (Å²) in [5, 5.41) is 12.7. The average molecular weight is 272 g/mol. The van der Waals surface area contributed by atoms with E-state index in [1.54, 1.807) is 6.07 Å². The molecule has 2 rings (SSSR count). The molecule has 0 saturated carbocycles. The third kappa shape index (κ3) is 2.70. The molecule has 1 aromatic rings. The van der Waals surface area contributed by atoms with Crippen molar-refractivity contribution in [1.29, 1.82) is 0 Å². The molecule has 1 fully saturated rings. The molecule has 0 aromatic heterocycles. The molecule has 1 aliphatic heterocycles. The van der Waals surface area contributed by atoms with Crippen LogP contribution in [-0.4, -0.2) is 17.8 Å². The summed E-state index contributed by atoms with van der Waals surface area (Å²) in [6, 6.07) is 5.16. The molecule has 4 nitrogen and oxygen atoms in total. The summed E-state index contributed by atoms with van der Waals surface area (Å²) >= 11 is 0. The smallest absolute Gasteiger partial charge is 0.407 e. The topological polar surface area (TPSA) is 58.6 Å². The van der Waals surface area contributed by atoms with Crippen molar-refractivity contribution in [3.8, 4) is 5.75 Å². The van der Waals surface area contributed by atoms with Gasteiger partial charge in [-0.15, -0.1) is 12.4 Å². The summed E-state index contributed by atoms with van der Waals surface area (Å²) in [4.78, 5) is 11.3. The fourth-order valence-corrected chi connectivity index (χ4v) is 2.09. The van der Waals surface area contributed by atoms with Gasteiger partial charge in [-0.1, -0.05) is 31.5 Å². The second-order valence-corrected chi connectivity index (χ2v) is 5.20. The SMILES string of the molecule is Cc1ccc(O)c([C@H]2NC(=O)OCC2(C)C)c1.Cl. The Morgan fingerprint density at radius 3 is 2.78 bits per heavy atom. The van der Waals surface area contributed by atoms with Crippen molar-refractivity contribution in [3.63, 3.8) is 0 Å². The summed E-state index contributed by atoms with van der Waals surface area (Å²) in [5.74, 6) is 0.205. The van der Waals surface area contributed by atoms with E-state index in [2.05, 4.69) is 5.32 Å². The maximum atomic E-state index is 11.3. The Kier molecular flexibility index (Phi) is 4.12. The lowest BCUT2D eigenvalue weighted by atomic mass is 9.80. The van der Waals surface area contributed by atoms with Crippen LogP contribution in [0.25, 0.3) is 0 Å². The first-order chi connectivity index (χ1) is 7.90. The zero-order valence-corrected chi connectivity index (χ0v) is 11.5. The Morgan fingerprint density at radius 1 is 1.44 bits per heavy atom. The zero-order valence-electron chi connectivity index (χ0n) is 10.7. The average Bonchev–Trinajstić information content (AvgIpc) is 2.26. The van der Waals surface area contributed by atoms with E-state index in [1.165, 1.54) is 0 Å². The number of nitrogens with one attached hydrogen (secondary N) is 1. The van der Waals surface area contributed by atoms with Crippen LogP contribution in [0, 0.1) is 12.3 Å². The quantitative estimate of drug-likeness (QED) is 0.826. The van der Waals surface area contributed by atoms with Crippen molar-refractivity contribution >= 4 is 18.5 Å². The molecule has 1 atom stereocenters. The number of carbonyl (C=O) groups is 1. The molecule has 1 amide bonds. The number of aromatic hydroxyl groups is 1. The third-order valence-electron chi connectivity index (χ3n) is 3.11. The molecule has 1 aliphatic rings. The minimum absolute atomic E-state index is 0. The lowest BCUT2D eigenvalue weighted by Crippen LogP contribution is -2.46. The van der Waals surface area contributed by atoms with Gasteiger partial charge >= 0.3 is 6.09 Å². The van der Waals surface area contributed by atoms with Gasteiger partial charge in [-0.3, -0.25) is 0 Å². The second-order valence-electron chi connectivity index (χ2n) is 5.20. The van der Waals surface area contributed by atoms with Gasteiger partial charge in [-0.05, 0) is 13.0 Å². The number of hydrogen-bond donors (Lipinski definition) is 2. The van der Waals surface area contributed by atoms with Gasteiger partial charge in [0.25, 0.3) is 0 Å². The maximum absolute atomic E-state index is 11.3. The fraction of sp³-hybridized carbons (Fsp3) is 0.462. The summed E-state index contributed by atoms with van der Waals surface area (Å²) in [6.45, 7) is 6.30. The van der Waals surface area contributed by atoms with Crippen LogP contribution in [0.1, 0.15) is 31.0 Å². The van der Waals surface area contributed by atoms with Crippen LogP contribution in [0.5, 0.6) is 5.75 Å². The molecule has 0 spiro atoms. The molecule has 0 unspecified atom stereocenters. The summed E-state index contributed by atoms with van der Waals surface area (Å²) in [5.41, 5.74) is 1.54. The van der Waals surface area contributed by atoms with Crippen LogP contribution < -0.4 is 5.32 Å². The van der Waals surface area contributed by atoms with Crippen LogP contribution in [-0.2, 0) is 4.74 Å². The van der Waals surface area contributed by atoms with E-state index in [0.717, 1.165) is 11.1 Å². The molecule has 100 valence electrons. The van der Waals surface area contributed by atoms with Gasteiger partial charge < -0.3 is 15.2 Å². The number of ether oxygens (including phenoxy) is 1. The molecule has 0 bridgehead atoms. The third-order valence-corrected chi connectivity index (χ3v) is 3.11. The number of alkyl carbamates (subject to hydrolysis) is 1. The lowest BCUT2D eigenvalue weighted by molar-refractivity contribution is 0.0381. The first-order valence-corrected chi connectivity index (χ1v) is 5.63. The number of benzene rings is 1. The number of carbonyl (C=O) groups excluding carboxylic acids is 1.